The predicted octanol–water partition coefficient (Wildman–Crippen LogP) is 3.30. The number of hydrogen-bond donors (Lipinski definition) is 2. The van der Waals surface area contributed by atoms with Crippen LogP contribution in [0.4, 0.5) is 18.9 Å². The van der Waals surface area contributed by atoms with Crippen LogP contribution in [0.2, 0.25) is 0 Å². The number of halogens is 4. The maximum atomic E-state index is 13.5. The quantitative estimate of drug-likeness (QED) is 0.885. The first-order valence-corrected chi connectivity index (χ1v) is 6.76. The van der Waals surface area contributed by atoms with E-state index in [0.717, 1.165) is 31.4 Å². The van der Waals surface area contributed by atoms with Crippen LogP contribution in [0.5, 0.6) is 5.75 Å². The summed E-state index contributed by atoms with van der Waals surface area (Å²) in [6, 6.07) is 3.34. The van der Waals surface area contributed by atoms with Crippen LogP contribution in [0.1, 0.15) is 25.7 Å². The van der Waals surface area contributed by atoms with Crippen molar-refractivity contribution in [3.8, 4) is 5.75 Å². The number of ether oxygens (including phenoxy) is 1. The predicted molar refractivity (Wildman–Crippen MR) is 78.8 cm³/mol. The molecule has 2 rings (SSSR count). The summed E-state index contributed by atoms with van der Waals surface area (Å²) in [7, 11) is 0. The molecule has 1 aromatic rings. The van der Waals surface area contributed by atoms with Crippen molar-refractivity contribution in [1.29, 1.82) is 0 Å². The molecule has 0 spiro atoms. The summed E-state index contributed by atoms with van der Waals surface area (Å²) >= 11 is 0. The molecule has 0 radical (unpaired) electrons. The highest BCUT2D eigenvalue weighted by Crippen LogP contribution is 2.26. The first kappa shape index (κ1) is 18.6. The largest absolute Gasteiger partial charge is 0.432 e. The number of anilines is 1. The number of carbonyl (C=O) groups excluding carboxylic acids is 1. The Balaban J connectivity index is 0.00000242. The van der Waals surface area contributed by atoms with Crippen LogP contribution < -0.4 is 15.8 Å². The molecule has 0 saturated heterocycles. The van der Waals surface area contributed by atoms with Crippen LogP contribution in [-0.4, -0.2) is 18.6 Å². The van der Waals surface area contributed by atoms with Gasteiger partial charge in [0.2, 0.25) is 5.91 Å². The Kier molecular flexibility index (Phi) is 6.96. The van der Waals surface area contributed by atoms with E-state index in [1.807, 2.05) is 0 Å². The Morgan fingerprint density at radius 1 is 1.36 bits per heavy atom. The van der Waals surface area contributed by atoms with E-state index in [1.165, 1.54) is 6.07 Å². The third-order valence-electron chi connectivity index (χ3n) is 3.50. The van der Waals surface area contributed by atoms with Gasteiger partial charge in [-0.1, -0.05) is 6.42 Å². The molecule has 2 unspecified atom stereocenters. The van der Waals surface area contributed by atoms with Gasteiger partial charge < -0.3 is 15.8 Å². The second-order valence-corrected chi connectivity index (χ2v) is 5.14. The van der Waals surface area contributed by atoms with Gasteiger partial charge in [0.25, 0.3) is 0 Å². The third kappa shape index (κ3) is 5.06. The molecule has 2 atom stereocenters. The van der Waals surface area contributed by atoms with Crippen molar-refractivity contribution in [2.75, 3.05) is 5.32 Å². The summed E-state index contributed by atoms with van der Waals surface area (Å²) in [5, 5.41) is 2.58. The summed E-state index contributed by atoms with van der Waals surface area (Å²) in [6.07, 6.45) is 3.13. The second kappa shape index (κ2) is 8.24. The van der Waals surface area contributed by atoms with Crippen molar-refractivity contribution in [3.63, 3.8) is 0 Å². The zero-order chi connectivity index (χ0) is 15.4. The minimum Gasteiger partial charge on any atom is -0.432 e. The molecular formula is C14H18ClF3N2O2. The summed E-state index contributed by atoms with van der Waals surface area (Å²) in [4.78, 5) is 12.0. The van der Waals surface area contributed by atoms with E-state index in [0.29, 0.717) is 6.42 Å². The molecule has 0 bridgehead atoms. The van der Waals surface area contributed by atoms with Gasteiger partial charge in [-0.3, -0.25) is 4.79 Å². The lowest BCUT2D eigenvalue weighted by molar-refractivity contribution is -0.120. The second-order valence-electron chi connectivity index (χ2n) is 5.14. The summed E-state index contributed by atoms with van der Waals surface area (Å²) in [5.41, 5.74) is 6.03. The third-order valence-corrected chi connectivity index (χ3v) is 3.50. The summed E-state index contributed by atoms with van der Waals surface area (Å²) in [6.45, 7) is -3.09. The zero-order valence-corrected chi connectivity index (χ0v) is 12.5. The van der Waals surface area contributed by atoms with E-state index in [-0.39, 0.29) is 36.0 Å². The lowest BCUT2D eigenvalue weighted by atomic mass is 9.85. The van der Waals surface area contributed by atoms with Crippen LogP contribution in [0.3, 0.4) is 0 Å². The molecule has 22 heavy (non-hydrogen) atoms. The van der Waals surface area contributed by atoms with E-state index in [2.05, 4.69) is 10.1 Å². The lowest BCUT2D eigenvalue weighted by Crippen LogP contribution is -2.34. The fourth-order valence-electron chi connectivity index (χ4n) is 2.48. The number of nitrogens with one attached hydrogen (secondary N) is 1. The average molecular weight is 339 g/mol. The van der Waals surface area contributed by atoms with Crippen molar-refractivity contribution < 1.29 is 22.7 Å². The van der Waals surface area contributed by atoms with Crippen molar-refractivity contribution in [1.82, 2.24) is 0 Å². The van der Waals surface area contributed by atoms with Crippen molar-refractivity contribution in [2.24, 2.45) is 11.7 Å². The molecule has 0 aliphatic heterocycles. The Hall–Kier alpha value is -1.47. The molecule has 8 heteroatoms. The smallest absolute Gasteiger partial charge is 0.387 e. The van der Waals surface area contributed by atoms with E-state index < -0.39 is 18.2 Å². The molecule has 1 saturated carbocycles. The first-order chi connectivity index (χ1) is 9.95. The Morgan fingerprint density at radius 3 is 2.68 bits per heavy atom. The van der Waals surface area contributed by atoms with Gasteiger partial charge in [-0.15, -0.1) is 12.4 Å². The standard InChI is InChI=1S/C14H17F3N2O2.ClH/c15-11-7-10(4-5-12(11)21-14(16)17)19-13(20)8-2-1-3-9(18)6-8;/h4-5,7-9,14H,1-3,6,18H2,(H,19,20);1H. The van der Waals surface area contributed by atoms with Gasteiger partial charge in [0.05, 0.1) is 0 Å². The number of nitrogens with two attached hydrogens (primary N) is 1. The molecular weight excluding hydrogens is 321 g/mol. The highest BCUT2D eigenvalue weighted by Gasteiger charge is 2.25. The van der Waals surface area contributed by atoms with Gasteiger partial charge in [0.1, 0.15) is 0 Å². The summed E-state index contributed by atoms with van der Waals surface area (Å²) in [5.74, 6) is -1.93. The average Bonchev–Trinajstić information content (AvgIpc) is 2.41. The van der Waals surface area contributed by atoms with E-state index in [4.69, 9.17) is 5.73 Å². The van der Waals surface area contributed by atoms with Crippen LogP contribution in [0.25, 0.3) is 0 Å². The Morgan fingerprint density at radius 2 is 2.09 bits per heavy atom. The number of rotatable bonds is 4. The molecule has 0 heterocycles. The number of alkyl halides is 2. The maximum Gasteiger partial charge on any atom is 0.387 e. The Labute approximate surface area is 132 Å². The highest BCUT2D eigenvalue weighted by molar-refractivity contribution is 5.92. The van der Waals surface area contributed by atoms with Gasteiger partial charge >= 0.3 is 6.61 Å². The number of carbonyl (C=O) groups is 1. The van der Waals surface area contributed by atoms with Crippen LogP contribution in [0.15, 0.2) is 18.2 Å². The highest BCUT2D eigenvalue weighted by atomic mass is 35.5. The SMILES string of the molecule is Cl.NC1CCCC(C(=O)Nc2ccc(OC(F)F)c(F)c2)C1. The maximum absolute atomic E-state index is 13.5. The fourth-order valence-corrected chi connectivity index (χ4v) is 2.48. The first-order valence-electron chi connectivity index (χ1n) is 6.76. The molecule has 1 aliphatic carbocycles. The lowest BCUT2D eigenvalue weighted by Gasteiger charge is -2.25. The molecule has 3 N–H and O–H groups in total. The van der Waals surface area contributed by atoms with Crippen LogP contribution >= 0.6 is 12.4 Å². The van der Waals surface area contributed by atoms with Gasteiger partial charge in [0, 0.05) is 23.7 Å². The number of benzene rings is 1. The van der Waals surface area contributed by atoms with Crippen LogP contribution in [0, 0.1) is 11.7 Å². The molecule has 4 nitrogen and oxygen atoms in total. The van der Waals surface area contributed by atoms with Crippen molar-refractivity contribution >= 4 is 24.0 Å². The Bertz CT molecular complexity index is 517. The summed E-state index contributed by atoms with van der Waals surface area (Å²) < 4.78 is 41.6. The number of amides is 1. The van der Waals surface area contributed by atoms with E-state index in [1.54, 1.807) is 0 Å². The molecule has 1 aliphatic rings. The van der Waals surface area contributed by atoms with Gasteiger partial charge in [0.15, 0.2) is 11.6 Å². The minimum atomic E-state index is -3.09. The topological polar surface area (TPSA) is 64.4 Å². The molecule has 1 fully saturated rings. The minimum absolute atomic E-state index is 0. The van der Waals surface area contributed by atoms with Gasteiger partial charge in [-0.25, -0.2) is 4.39 Å². The van der Waals surface area contributed by atoms with Gasteiger partial charge in [-0.05, 0) is 31.4 Å². The zero-order valence-electron chi connectivity index (χ0n) is 11.7. The normalized spacial score (nSPS) is 21.1. The van der Waals surface area contributed by atoms with E-state index in [9.17, 15) is 18.0 Å². The molecule has 124 valence electrons. The van der Waals surface area contributed by atoms with Gasteiger partial charge in [-0.2, -0.15) is 8.78 Å². The van der Waals surface area contributed by atoms with Crippen molar-refractivity contribution in [2.45, 2.75) is 38.3 Å². The van der Waals surface area contributed by atoms with Crippen molar-refractivity contribution in [3.05, 3.63) is 24.0 Å². The number of hydrogen-bond acceptors (Lipinski definition) is 3. The van der Waals surface area contributed by atoms with E-state index >= 15 is 0 Å². The fraction of sp³-hybridized carbons (Fsp3) is 0.500. The molecule has 1 amide bonds. The van der Waals surface area contributed by atoms with Crippen LogP contribution in [-0.2, 0) is 4.79 Å². The molecule has 1 aromatic carbocycles. The monoisotopic (exact) mass is 338 g/mol. The molecule has 0 aromatic heterocycles.